The summed E-state index contributed by atoms with van der Waals surface area (Å²) in [6.07, 6.45) is 4.48. The lowest BCUT2D eigenvalue weighted by atomic mass is 10.1. The van der Waals surface area contributed by atoms with Gasteiger partial charge in [-0.25, -0.2) is 4.39 Å². The molecule has 0 aliphatic heterocycles. The number of hydrogen-bond acceptors (Lipinski definition) is 3. The average molecular weight is 419 g/mol. The van der Waals surface area contributed by atoms with Crippen LogP contribution in [0.3, 0.4) is 0 Å². The van der Waals surface area contributed by atoms with Gasteiger partial charge in [0, 0.05) is 23.0 Å². The smallest absolute Gasteiger partial charge is 0.193 e. The van der Waals surface area contributed by atoms with Gasteiger partial charge < -0.3 is 9.15 Å². The summed E-state index contributed by atoms with van der Waals surface area (Å²) >= 11 is 3.42. The molecule has 0 aliphatic rings. The Morgan fingerprint density at radius 1 is 0.962 bits per heavy atom. The predicted octanol–water partition coefficient (Wildman–Crippen LogP) is 5.93. The summed E-state index contributed by atoms with van der Waals surface area (Å²) in [7, 11) is 0. The Bertz CT molecular complexity index is 919. The number of rotatable bonds is 8. The van der Waals surface area contributed by atoms with Gasteiger partial charge in [0.05, 0.1) is 12.0 Å². The second kappa shape index (κ2) is 8.99. The number of alkyl halides is 1. The maximum absolute atomic E-state index is 13.1. The van der Waals surface area contributed by atoms with E-state index < -0.39 is 0 Å². The molecule has 0 saturated carbocycles. The van der Waals surface area contributed by atoms with Crippen LogP contribution in [0.5, 0.6) is 5.75 Å². The minimum atomic E-state index is -0.330. The van der Waals surface area contributed by atoms with Crippen LogP contribution in [0.15, 0.2) is 57.7 Å². The van der Waals surface area contributed by atoms with Crippen LogP contribution in [0.25, 0.3) is 22.3 Å². The zero-order valence-electron chi connectivity index (χ0n) is 14.3. The van der Waals surface area contributed by atoms with E-state index in [9.17, 15) is 9.18 Å². The van der Waals surface area contributed by atoms with E-state index in [1.54, 1.807) is 30.3 Å². The Labute approximate surface area is 159 Å². The average Bonchev–Trinajstić information content (AvgIpc) is 2.65. The van der Waals surface area contributed by atoms with Gasteiger partial charge in [-0.05, 0) is 49.2 Å². The lowest BCUT2D eigenvalue weighted by Gasteiger charge is -2.08. The van der Waals surface area contributed by atoms with Crippen LogP contribution in [0, 0.1) is 5.82 Å². The summed E-state index contributed by atoms with van der Waals surface area (Å²) in [6, 6.07) is 12.5. The molecule has 0 atom stereocenters. The molecule has 2 aromatic carbocycles. The molecule has 0 fully saturated rings. The van der Waals surface area contributed by atoms with Gasteiger partial charge >= 0.3 is 0 Å². The maximum atomic E-state index is 13.1. The topological polar surface area (TPSA) is 39.4 Å². The molecule has 0 bridgehead atoms. The molecular formula is C21H20BrFO3. The van der Waals surface area contributed by atoms with Crippen LogP contribution in [0.2, 0.25) is 0 Å². The van der Waals surface area contributed by atoms with Crippen molar-refractivity contribution in [3.05, 3.63) is 64.6 Å². The van der Waals surface area contributed by atoms with E-state index in [0.717, 1.165) is 18.2 Å². The minimum absolute atomic E-state index is 0.133. The van der Waals surface area contributed by atoms with Gasteiger partial charge in [0.2, 0.25) is 0 Å². The molecule has 0 N–H and O–H groups in total. The first-order valence-corrected chi connectivity index (χ1v) is 9.82. The molecule has 136 valence electrons. The number of ether oxygens (including phenoxy) is 1. The summed E-state index contributed by atoms with van der Waals surface area (Å²) in [4.78, 5) is 12.3. The second-order valence-electron chi connectivity index (χ2n) is 6.09. The number of halogens is 2. The van der Waals surface area contributed by atoms with Crippen molar-refractivity contribution in [1.29, 1.82) is 0 Å². The largest absolute Gasteiger partial charge is 0.493 e. The highest BCUT2D eigenvalue weighted by Gasteiger charge is 2.08. The van der Waals surface area contributed by atoms with Crippen molar-refractivity contribution in [2.24, 2.45) is 0 Å². The van der Waals surface area contributed by atoms with Gasteiger partial charge in [-0.15, -0.1) is 0 Å². The lowest BCUT2D eigenvalue weighted by Crippen LogP contribution is -2.02. The highest BCUT2D eigenvalue weighted by atomic mass is 79.9. The molecule has 3 rings (SSSR count). The standard InChI is InChI=1S/C21H20BrFO3/c22-11-3-1-2-4-12-25-17-9-10-18-19(24)14-20(26-21(18)13-17)15-5-7-16(23)8-6-15/h5-10,13-14H,1-4,11-12H2. The maximum Gasteiger partial charge on any atom is 0.193 e. The van der Waals surface area contributed by atoms with Crippen molar-refractivity contribution in [2.75, 3.05) is 11.9 Å². The predicted molar refractivity (Wildman–Crippen MR) is 106 cm³/mol. The first-order valence-electron chi connectivity index (χ1n) is 8.70. The van der Waals surface area contributed by atoms with Crippen LogP contribution in [-0.2, 0) is 0 Å². The molecule has 0 radical (unpaired) electrons. The second-order valence-corrected chi connectivity index (χ2v) is 6.88. The van der Waals surface area contributed by atoms with E-state index in [0.29, 0.717) is 34.6 Å². The Morgan fingerprint density at radius 2 is 1.73 bits per heavy atom. The molecule has 0 aliphatic carbocycles. The molecular weight excluding hydrogens is 399 g/mol. The van der Waals surface area contributed by atoms with Gasteiger partial charge in [-0.3, -0.25) is 4.79 Å². The van der Waals surface area contributed by atoms with Crippen LogP contribution in [0.1, 0.15) is 25.7 Å². The molecule has 3 aromatic rings. The van der Waals surface area contributed by atoms with Crippen molar-refractivity contribution >= 4 is 26.9 Å². The normalized spacial score (nSPS) is 11.0. The lowest BCUT2D eigenvalue weighted by molar-refractivity contribution is 0.305. The molecule has 1 aromatic heterocycles. The fourth-order valence-corrected chi connectivity index (χ4v) is 3.12. The quantitative estimate of drug-likeness (QED) is 0.336. The molecule has 0 spiro atoms. The van der Waals surface area contributed by atoms with E-state index in [1.807, 2.05) is 0 Å². The Hall–Kier alpha value is -2.14. The molecule has 1 heterocycles. The number of benzene rings is 2. The summed E-state index contributed by atoms with van der Waals surface area (Å²) in [6.45, 7) is 0.635. The Morgan fingerprint density at radius 3 is 2.50 bits per heavy atom. The molecule has 0 amide bonds. The van der Waals surface area contributed by atoms with Crippen molar-refractivity contribution in [3.8, 4) is 17.1 Å². The zero-order valence-corrected chi connectivity index (χ0v) is 15.9. The van der Waals surface area contributed by atoms with E-state index in [1.165, 1.54) is 31.0 Å². The zero-order chi connectivity index (χ0) is 18.4. The minimum Gasteiger partial charge on any atom is -0.493 e. The number of fused-ring (bicyclic) bond motifs is 1. The highest BCUT2D eigenvalue weighted by Crippen LogP contribution is 2.25. The van der Waals surface area contributed by atoms with Crippen LogP contribution in [0.4, 0.5) is 4.39 Å². The Kier molecular flexibility index (Phi) is 6.45. The van der Waals surface area contributed by atoms with Gasteiger partial charge in [-0.1, -0.05) is 28.8 Å². The van der Waals surface area contributed by atoms with Crippen molar-refractivity contribution in [1.82, 2.24) is 0 Å². The van der Waals surface area contributed by atoms with Crippen molar-refractivity contribution in [3.63, 3.8) is 0 Å². The fraction of sp³-hybridized carbons (Fsp3) is 0.286. The summed E-state index contributed by atoms with van der Waals surface area (Å²) < 4.78 is 24.7. The third-order valence-electron chi connectivity index (χ3n) is 4.13. The van der Waals surface area contributed by atoms with Crippen molar-refractivity contribution in [2.45, 2.75) is 25.7 Å². The molecule has 3 nitrogen and oxygen atoms in total. The van der Waals surface area contributed by atoms with Gasteiger partial charge in [-0.2, -0.15) is 0 Å². The molecule has 0 saturated heterocycles. The highest BCUT2D eigenvalue weighted by molar-refractivity contribution is 9.09. The van der Waals surface area contributed by atoms with Gasteiger partial charge in [0.25, 0.3) is 0 Å². The first kappa shape index (κ1) is 18.6. The van der Waals surface area contributed by atoms with Crippen LogP contribution in [-0.4, -0.2) is 11.9 Å². The van der Waals surface area contributed by atoms with Crippen LogP contribution >= 0.6 is 15.9 Å². The molecule has 26 heavy (non-hydrogen) atoms. The number of unbranched alkanes of at least 4 members (excludes halogenated alkanes) is 3. The van der Waals surface area contributed by atoms with Crippen LogP contribution < -0.4 is 10.2 Å². The summed E-state index contributed by atoms with van der Waals surface area (Å²) in [5, 5.41) is 1.54. The van der Waals surface area contributed by atoms with E-state index in [-0.39, 0.29) is 11.2 Å². The third kappa shape index (κ3) is 4.73. The van der Waals surface area contributed by atoms with Crippen molar-refractivity contribution < 1.29 is 13.5 Å². The van der Waals surface area contributed by atoms with E-state index in [4.69, 9.17) is 9.15 Å². The monoisotopic (exact) mass is 418 g/mol. The van der Waals surface area contributed by atoms with Gasteiger partial charge in [0.15, 0.2) is 5.43 Å². The first-order chi connectivity index (χ1) is 12.7. The van der Waals surface area contributed by atoms with E-state index >= 15 is 0 Å². The van der Waals surface area contributed by atoms with Gasteiger partial charge in [0.1, 0.15) is 22.9 Å². The third-order valence-corrected chi connectivity index (χ3v) is 4.69. The summed E-state index contributed by atoms with van der Waals surface area (Å²) in [5.41, 5.74) is 0.990. The number of hydrogen-bond donors (Lipinski definition) is 0. The molecule has 0 unspecified atom stereocenters. The SMILES string of the molecule is O=c1cc(-c2ccc(F)cc2)oc2cc(OCCCCCCBr)ccc12. The van der Waals surface area contributed by atoms with E-state index in [2.05, 4.69) is 15.9 Å². The fourth-order valence-electron chi connectivity index (χ4n) is 2.72. The Balaban J connectivity index is 1.77. The molecule has 5 heteroatoms. The summed E-state index contributed by atoms with van der Waals surface area (Å²) in [5.74, 6) is 0.760.